The molecule has 90 valence electrons. The highest BCUT2D eigenvalue weighted by Gasteiger charge is 2.26. The molecule has 0 atom stereocenters. The molecule has 0 fully saturated rings. The minimum atomic E-state index is -3.03. The van der Waals surface area contributed by atoms with Crippen LogP contribution in [0, 0.1) is 0 Å². The number of carbonyl (C=O) groups is 1. The van der Waals surface area contributed by atoms with E-state index in [1.807, 2.05) is 5.38 Å². The zero-order valence-corrected chi connectivity index (χ0v) is 9.40. The van der Waals surface area contributed by atoms with E-state index < -0.39 is 24.9 Å². The van der Waals surface area contributed by atoms with E-state index in [0.717, 1.165) is 5.69 Å². The Morgan fingerprint density at radius 3 is 2.94 bits per heavy atom. The summed E-state index contributed by atoms with van der Waals surface area (Å²) in [5.74, 6) is -3.45. The van der Waals surface area contributed by atoms with E-state index in [-0.39, 0.29) is 6.42 Å². The van der Waals surface area contributed by atoms with Crippen LogP contribution >= 0.6 is 11.3 Å². The molecule has 0 saturated heterocycles. The number of hydrogen-bond acceptors (Lipinski definition) is 4. The number of aryl methyl sites for hydroxylation is 1. The molecule has 0 saturated carbocycles. The zero-order chi connectivity index (χ0) is 12.0. The van der Waals surface area contributed by atoms with Gasteiger partial charge in [0.15, 0.2) is 0 Å². The summed E-state index contributed by atoms with van der Waals surface area (Å²) in [6.07, 6.45) is 0.619. The maximum atomic E-state index is 12.7. The van der Waals surface area contributed by atoms with Crippen molar-refractivity contribution in [2.75, 3.05) is 13.1 Å². The number of nitrogens with one attached hydrogen (secondary N) is 1. The summed E-state index contributed by atoms with van der Waals surface area (Å²) < 4.78 is 25.4. The smallest absolute Gasteiger partial charge is 0.277 e. The van der Waals surface area contributed by atoms with E-state index in [1.54, 1.807) is 5.51 Å². The molecule has 7 heteroatoms. The Bertz CT molecular complexity index is 330. The molecule has 16 heavy (non-hydrogen) atoms. The molecular formula is C9H13F2N3OS. The molecule has 4 nitrogen and oxygen atoms in total. The first kappa shape index (κ1) is 13.0. The third-order valence-electron chi connectivity index (χ3n) is 1.93. The van der Waals surface area contributed by atoms with Crippen molar-refractivity contribution in [3.63, 3.8) is 0 Å². The van der Waals surface area contributed by atoms with E-state index in [9.17, 15) is 13.6 Å². The molecular weight excluding hydrogens is 236 g/mol. The van der Waals surface area contributed by atoms with Crippen molar-refractivity contribution in [2.24, 2.45) is 5.73 Å². The highest BCUT2D eigenvalue weighted by molar-refractivity contribution is 7.07. The van der Waals surface area contributed by atoms with Crippen molar-refractivity contribution in [3.8, 4) is 0 Å². The summed E-state index contributed by atoms with van der Waals surface area (Å²) in [7, 11) is 0. The van der Waals surface area contributed by atoms with Crippen LogP contribution in [0.25, 0.3) is 0 Å². The summed E-state index contributed by atoms with van der Waals surface area (Å²) in [4.78, 5) is 15.2. The second kappa shape index (κ2) is 5.86. The maximum absolute atomic E-state index is 12.7. The van der Waals surface area contributed by atoms with Gasteiger partial charge < -0.3 is 11.1 Å². The molecule has 1 aromatic rings. The van der Waals surface area contributed by atoms with Crippen LogP contribution in [0.1, 0.15) is 12.1 Å². The summed E-state index contributed by atoms with van der Waals surface area (Å²) in [5.41, 5.74) is 7.29. The van der Waals surface area contributed by atoms with Gasteiger partial charge in [0.2, 0.25) is 5.91 Å². The van der Waals surface area contributed by atoms with Crippen molar-refractivity contribution < 1.29 is 13.6 Å². The number of rotatable bonds is 6. The largest absolute Gasteiger partial charge is 0.350 e. The highest BCUT2D eigenvalue weighted by Crippen LogP contribution is 2.09. The average Bonchev–Trinajstić information content (AvgIpc) is 2.76. The number of hydrogen-bond donors (Lipinski definition) is 2. The first-order valence-corrected chi connectivity index (χ1v) is 5.69. The van der Waals surface area contributed by atoms with Gasteiger partial charge in [0, 0.05) is 11.8 Å². The Morgan fingerprint density at radius 2 is 2.38 bits per heavy atom. The molecule has 0 radical (unpaired) electrons. The summed E-state index contributed by atoms with van der Waals surface area (Å²) in [6, 6.07) is 0. The fourth-order valence-electron chi connectivity index (χ4n) is 0.991. The van der Waals surface area contributed by atoms with Gasteiger partial charge in [-0.25, -0.2) is 13.8 Å². The van der Waals surface area contributed by atoms with Crippen molar-refractivity contribution in [1.29, 1.82) is 0 Å². The summed E-state index contributed by atoms with van der Waals surface area (Å²) in [6.45, 7) is -1.47. The van der Waals surface area contributed by atoms with Crippen LogP contribution in [0.3, 0.4) is 0 Å². The van der Waals surface area contributed by atoms with Crippen LogP contribution in [-0.4, -0.2) is 29.9 Å². The van der Waals surface area contributed by atoms with Crippen LogP contribution in [0.2, 0.25) is 0 Å². The lowest BCUT2D eigenvalue weighted by Gasteiger charge is -2.14. The van der Waals surface area contributed by atoms with E-state index in [4.69, 9.17) is 5.73 Å². The monoisotopic (exact) mass is 249 g/mol. The molecule has 1 rings (SSSR count). The van der Waals surface area contributed by atoms with E-state index in [2.05, 4.69) is 10.3 Å². The second-order valence-electron chi connectivity index (χ2n) is 3.32. The number of halogens is 2. The fraction of sp³-hybridized carbons (Fsp3) is 0.556. The number of carbonyl (C=O) groups excluding carboxylic acids is 1. The lowest BCUT2D eigenvalue weighted by Crippen LogP contribution is -2.41. The first-order valence-electron chi connectivity index (χ1n) is 4.75. The lowest BCUT2D eigenvalue weighted by atomic mass is 10.2. The number of aromatic nitrogens is 1. The quantitative estimate of drug-likeness (QED) is 0.783. The number of nitrogens with zero attached hydrogens (tertiary/aromatic N) is 1. The van der Waals surface area contributed by atoms with Gasteiger partial charge in [0.25, 0.3) is 5.92 Å². The molecule has 1 heterocycles. The van der Waals surface area contributed by atoms with Crippen molar-refractivity contribution >= 4 is 17.2 Å². The third kappa shape index (κ3) is 4.63. The van der Waals surface area contributed by atoms with Crippen LogP contribution in [0.15, 0.2) is 10.9 Å². The van der Waals surface area contributed by atoms with E-state index >= 15 is 0 Å². The Labute approximate surface area is 95.9 Å². The number of amides is 1. The Hall–Kier alpha value is -1.08. The number of thiazole rings is 1. The molecule has 1 amide bonds. The molecule has 1 aromatic heterocycles. The summed E-state index contributed by atoms with van der Waals surface area (Å²) in [5, 5.41) is 3.96. The molecule has 3 N–H and O–H groups in total. The van der Waals surface area contributed by atoms with Crippen LogP contribution in [0.5, 0.6) is 0 Å². The van der Waals surface area contributed by atoms with E-state index in [1.165, 1.54) is 11.3 Å². The van der Waals surface area contributed by atoms with Crippen molar-refractivity contribution in [1.82, 2.24) is 10.3 Å². The van der Waals surface area contributed by atoms with Gasteiger partial charge in [-0.3, -0.25) is 4.79 Å². The van der Waals surface area contributed by atoms with Crippen molar-refractivity contribution in [3.05, 3.63) is 16.6 Å². The Kier molecular flexibility index (Phi) is 4.75. The first-order chi connectivity index (χ1) is 7.53. The molecule has 0 aliphatic heterocycles. The third-order valence-corrected chi connectivity index (χ3v) is 2.57. The van der Waals surface area contributed by atoms with Crippen LogP contribution in [0.4, 0.5) is 8.78 Å². The standard InChI is InChI=1S/C9H13F2N3OS/c10-9(11,4-12)5-13-8(15)2-1-7-3-16-6-14-7/h3,6H,1-2,4-5,12H2,(H,13,15). The van der Waals surface area contributed by atoms with Crippen LogP contribution < -0.4 is 11.1 Å². The van der Waals surface area contributed by atoms with Crippen molar-refractivity contribution in [2.45, 2.75) is 18.8 Å². The Balaban J connectivity index is 2.21. The summed E-state index contributed by atoms with van der Waals surface area (Å²) >= 11 is 1.43. The SMILES string of the molecule is NCC(F)(F)CNC(=O)CCc1cscn1. The fourth-order valence-corrected chi connectivity index (χ4v) is 1.58. The highest BCUT2D eigenvalue weighted by atomic mass is 32.1. The van der Waals surface area contributed by atoms with Gasteiger partial charge in [-0.1, -0.05) is 0 Å². The maximum Gasteiger partial charge on any atom is 0.277 e. The molecule has 0 unspecified atom stereocenters. The lowest BCUT2D eigenvalue weighted by molar-refractivity contribution is -0.122. The predicted molar refractivity (Wildman–Crippen MR) is 57.4 cm³/mol. The van der Waals surface area contributed by atoms with Crippen LogP contribution in [-0.2, 0) is 11.2 Å². The number of alkyl halides is 2. The van der Waals surface area contributed by atoms with Gasteiger partial charge in [0.05, 0.1) is 24.3 Å². The van der Waals surface area contributed by atoms with E-state index in [0.29, 0.717) is 6.42 Å². The molecule has 0 aliphatic carbocycles. The predicted octanol–water partition coefficient (Wildman–Crippen LogP) is 0.786. The molecule has 0 bridgehead atoms. The Morgan fingerprint density at radius 1 is 1.62 bits per heavy atom. The zero-order valence-electron chi connectivity index (χ0n) is 8.58. The minimum Gasteiger partial charge on any atom is -0.350 e. The van der Waals surface area contributed by atoms with Gasteiger partial charge in [-0.2, -0.15) is 0 Å². The second-order valence-corrected chi connectivity index (χ2v) is 4.04. The average molecular weight is 249 g/mol. The minimum absolute atomic E-state index is 0.157. The number of nitrogens with two attached hydrogens (primary N) is 1. The molecule has 0 aliphatic rings. The van der Waals surface area contributed by atoms with Gasteiger partial charge in [-0.15, -0.1) is 11.3 Å². The molecule has 0 spiro atoms. The van der Waals surface area contributed by atoms with Gasteiger partial charge in [0.1, 0.15) is 0 Å². The molecule has 0 aromatic carbocycles. The van der Waals surface area contributed by atoms with Gasteiger partial charge >= 0.3 is 0 Å². The van der Waals surface area contributed by atoms with Gasteiger partial charge in [-0.05, 0) is 6.42 Å². The normalized spacial score (nSPS) is 11.4. The topological polar surface area (TPSA) is 68.0 Å².